The SMILES string of the molecule is CC[C@H](C(=O)NC(C)C)N(Cc1ccc(C)cc1)C(=O)CN(c1cccc(Cl)c1)S(=O)(=O)c1ccccc1. The van der Waals surface area contributed by atoms with Crippen LogP contribution in [-0.2, 0) is 26.2 Å². The first-order valence-electron chi connectivity index (χ1n) is 12.5. The third kappa shape index (κ3) is 7.36. The number of sulfonamides is 1. The third-order valence-corrected chi connectivity index (χ3v) is 8.02. The van der Waals surface area contributed by atoms with Gasteiger partial charge >= 0.3 is 0 Å². The predicted molar refractivity (Wildman–Crippen MR) is 152 cm³/mol. The first kappa shape index (κ1) is 29.2. The molecule has 3 aromatic rings. The average molecular weight is 556 g/mol. The van der Waals surface area contributed by atoms with E-state index in [1.54, 1.807) is 36.4 Å². The van der Waals surface area contributed by atoms with Crippen molar-refractivity contribution < 1.29 is 18.0 Å². The summed E-state index contributed by atoms with van der Waals surface area (Å²) in [6, 6.07) is 21.0. The van der Waals surface area contributed by atoms with E-state index in [-0.39, 0.29) is 29.1 Å². The van der Waals surface area contributed by atoms with Gasteiger partial charge in [-0.05, 0) is 63.1 Å². The van der Waals surface area contributed by atoms with Gasteiger partial charge < -0.3 is 10.2 Å². The van der Waals surface area contributed by atoms with Crippen molar-refractivity contribution in [3.63, 3.8) is 0 Å². The minimum absolute atomic E-state index is 0.0439. The van der Waals surface area contributed by atoms with Crippen molar-refractivity contribution in [2.45, 2.75) is 57.6 Å². The molecule has 0 aliphatic rings. The Bertz CT molecular complexity index is 1350. The Morgan fingerprint density at radius 3 is 2.18 bits per heavy atom. The number of aryl methyl sites for hydroxylation is 1. The van der Waals surface area contributed by atoms with Crippen LogP contribution in [0.5, 0.6) is 0 Å². The van der Waals surface area contributed by atoms with E-state index in [1.807, 2.05) is 52.0 Å². The molecule has 3 aromatic carbocycles. The summed E-state index contributed by atoms with van der Waals surface area (Å²) in [5.41, 5.74) is 2.15. The van der Waals surface area contributed by atoms with Crippen LogP contribution in [0.1, 0.15) is 38.3 Å². The highest BCUT2D eigenvalue weighted by Gasteiger charge is 2.33. The van der Waals surface area contributed by atoms with E-state index in [0.29, 0.717) is 11.4 Å². The number of benzene rings is 3. The molecule has 1 atom stereocenters. The Kier molecular flexibility index (Phi) is 9.94. The second-order valence-electron chi connectivity index (χ2n) is 9.40. The van der Waals surface area contributed by atoms with E-state index in [1.165, 1.54) is 23.1 Å². The smallest absolute Gasteiger partial charge is 0.264 e. The summed E-state index contributed by atoms with van der Waals surface area (Å²) < 4.78 is 28.5. The summed E-state index contributed by atoms with van der Waals surface area (Å²) in [5.74, 6) is -0.793. The van der Waals surface area contributed by atoms with Gasteiger partial charge in [0.2, 0.25) is 11.8 Å². The molecule has 0 fully saturated rings. The molecule has 0 radical (unpaired) electrons. The summed E-state index contributed by atoms with van der Waals surface area (Å²) >= 11 is 6.20. The van der Waals surface area contributed by atoms with E-state index in [0.717, 1.165) is 15.4 Å². The monoisotopic (exact) mass is 555 g/mol. The van der Waals surface area contributed by atoms with Gasteiger partial charge in [-0.15, -0.1) is 0 Å². The summed E-state index contributed by atoms with van der Waals surface area (Å²) in [4.78, 5) is 28.6. The maximum absolute atomic E-state index is 14.0. The fourth-order valence-electron chi connectivity index (χ4n) is 4.07. The van der Waals surface area contributed by atoms with Gasteiger partial charge in [0, 0.05) is 17.6 Å². The number of rotatable bonds is 11. The summed E-state index contributed by atoms with van der Waals surface area (Å²) in [6.07, 6.45) is 0.360. The second-order valence-corrected chi connectivity index (χ2v) is 11.7. The molecule has 2 amide bonds. The van der Waals surface area contributed by atoms with Crippen molar-refractivity contribution in [2.24, 2.45) is 0 Å². The van der Waals surface area contributed by atoms with Gasteiger partial charge in [0.05, 0.1) is 10.6 Å². The van der Waals surface area contributed by atoms with E-state index >= 15 is 0 Å². The number of hydrogen-bond donors (Lipinski definition) is 1. The lowest BCUT2D eigenvalue weighted by atomic mass is 10.1. The molecule has 0 spiro atoms. The first-order valence-corrected chi connectivity index (χ1v) is 14.3. The Labute approximate surface area is 230 Å². The quantitative estimate of drug-likeness (QED) is 0.353. The maximum atomic E-state index is 14.0. The number of anilines is 1. The number of nitrogens with zero attached hydrogens (tertiary/aromatic N) is 2. The van der Waals surface area contributed by atoms with Gasteiger partial charge in [0.25, 0.3) is 10.0 Å². The van der Waals surface area contributed by atoms with Crippen LogP contribution in [0, 0.1) is 6.92 Å². The molecule has 0 aromatic heterocycles. The fraction of sp³-hybridized carbons (Fsp3) is 0.310. The Hall–Kier alpha value is -3.36. The molecule has 202 valence electrons. The molecule has 3 rings (SSSR count). The van der Waals surface area contributed by atoms with Crippen LogP contribution >= 0.6 is 11.6 Å². The van der Waals surface area contributed by atoms with Gasteiger partial charge in [-0.1, -0.05) is 72.6 Å². The summed E-state index contributed by atoms with van der Waals surface area (Å²) in [5, 5.41) is 3.23. The zero-order valence-electron chi connectivity index (χ0n) is 22.1. The number of amides is 2. The largest absolute Gasteiger partial charge is 0.352 e. The molecule has 0 aliphatic carbocycles. The average Bonchev–Trinajstić information content (AvgIpc) is 2.88. The van der Waals surface area contributed by atoms with Gasteiger partial charge in [-0.3, -0.25) is 13.9 Å². The minimum atomic E-state index is -4.12. The number of hydrogen-bond acceptors (Lipinski definition) is 4. The number of carbonyl (C=O) groups is 2. The molecular weight excluding hydrogens is 522 g/mol. The highest BCUT2D eigenvalue weighted by Crippen LogP contribution is 2.27. The van der Waals surface area contributed by atoms with Crippen molar-refractivity contribution in [3.8, 4) is 0 Å². The van der Waals surface area contributed by atoms with Crippen LogP contribution in [0.3, 0.4) is 0 Å². The van der Waals surface area contributed by atoms with Crippen molar-refractivity contribution in [1.82, 2.24) is 10.2 Å². The summed E-state index contributed by atoms with van der Waals surface area (Å²) in [7, 11) is -4.12. The summed E-state index contributed by atoms with van der Waals surface area (Å²) in [6.45, 7) is 7.14. The van der Waals surface area contributed by atoms with Gasteiger partial charge in [-0.2, -0.15) is 0 Å². The predicted octanol–water partition coefficient (Wildman–Crippen LogP) is 5.18. The van der Waals surface area contributed by atoms with Crippen molar-refractivity contribution in [3.05, 3.63) is 95.0 Å². The van der Waals surface area contributed by atoms with E-state index in [4.69, 9.17) is 11.6 Å². The second kappa shape index (κ2) is 12.9. The van der Waals surface area contributed by atoms with Gasteiger partial charge in [0.15, 0.2) is 0 Å². The van der Waals surface area contributed by atoms with Crippen molar-refractivity contribution in [1.29, 1.82) is 0 Å². The zero-order chi connectivity index (χ0) is 27.9. The highest BCUT2D eigenvalue weighted by molar-refractivity contribution is 7.92. The fourth-order valence-corrected chi connectivity index (χ4v) is 5.68. The lowest BCUT2D eigenvalue weighted by molar-refractivity contribution is -0.140. The van der Waals surface area contributed by atoms with Gasteiger partial charge in [-0.25, -0.2) is 8.42 Å². The van der Waals surface area contributed by atoms with Crippen molar-refractivity contribution in [2.75, 3.05) is 10.8 Å². The topological polar surface area (TPSA) is 86.8 Å². The standard InChI is InChI=1S/C29H34ClN3O4S/c1-5-27(29(35)31-21(2)3)32(19-23-16-14-22(4)15-17-23)28(34)20-33(25-11-9-10-24(30)18-25)38(36,37)26-12-7-6-8-13-26/h6-18,21,27H,5,19-20H2,1-4H3,(H,31,35)/t27-/m1/s1. The lowest BCUT2D eigenvalue weighted by Crippen LogP contribution is -2.53. The molecule has 0 aliphatic heterocycles. The Morgan fingerprint density at radius 1 is 0.947 bits per heavy atom. The van der Waals surface area contributed by atoms with Crippen LogP contribution in [-0.4, -0.2) is 43.8 Å². The van der Waals surface area contributed by atoms with Crippen LogP contribution < -0.4 is 9.62 Å². The van der Waals surface area contributed by atoms with Crippen LogP contribution in [0.15, 0.2) is 83.8 Å². The van der Waals surface area contributed by atoms with E-state index in [9.17, 15) is 18.0 Å². The van der Waals surface area contributed by atoms with Crippen LogP contribution in [0.4, 0.5) is 5.69 Å². The van der Waals surface area contributed by atoms with E-state index < -0.39 is 28.5 Å². The molecule has 0 saturated heterocycles. The normalized spacial score (nSPS) is 12.2. The number of nitrogens with one attached hydrogen (secondary N) is 1. The lowest BCUT2D eigenvalue weighted by Gasteiger charge is -2.33. The number of halogens is 1. The van der Waals surface area contributed by atoms with E-state index in [2.05, 4.69) is 5.32 Å². The molecule has 38 heavy (non-hydrogen) atoms. The van der Waals surface area contributed by atoms with Crippen molar-refractivity contribution >= 4 is 39.1 Å². The molecule has 0 unspecified atom stereocenters. The Morgan fingerprint density at radius 2 is 1.61 bits per heavy atom. The molecular formula is C29H34ClN3O4S. The first-order chi connectivity index (χ1) is 18.0. The van der Waals surface area contributed by atoms with Crippen LogP contribution in [0.25, 0.3) is 0 Å². The molecule has 0 bridgehead atoms. The molecule has 0 saturated carbocycles. The third-order valence-electron chi connectivity index (χ3n) is 6.00. The Balaban J connectivity index is 2.05. The zero-order valence-corrected chi connectivity index (χ0v) is 23.7. The molecule has 0 heterocycles. The number of carbonyl (C=O) groups excluding carboxylic acids is 2. The molecule has 1 N–H and O–H groups in total. The van der Waals surface area contributed by atoms with Gasteiger partial charge in [0.1, 0.15) is 12.6 Å². The molecule has 9 heteroatoms. The highest BCUT2D eigenvalue weighted by atomic mass is 35.5. The molecule has 7 nitrogen and oxygen atoms in total. The minimum Gasteiger partial charge on any atom is -0.352 e. The van der Waals surface area contributed by atoms with Crippen LogP contribution in [0.2, 0.25) is 5.02 Å². The maximum Gasteiger partial charge on any atom is 0.264 e.